The van der Waals surface area contributed by atoms with Crippen LogP contribution in [0.2, 0.25) is 0 Å². The summed E-state index contributed by atoms with van der Waals surface area (Å²) in [6, 6.07) is 17.2. The molecular formula is C31H38N4O5. The summed E-state index contributed by atoms with van der Waals surface area (Å²) in [4.78, 5) is 39.6. The number of ether oxygens (including phenoxy) is 2. The molecule has 1 heterocycles. The molecule has 1 aliphatic carbocycles. The van der Waals surface area contributed by atoms with Crippen LogP contribution in [0.15, 0.2) is 48.5 Å². The number of likely N-dealkylation sites (tertiary alicyclic amines) is 1. The molecule has 1 fully saturated rings. The third-order valence-electron chi connectivity index (χ3n) is 7.21. The molecule has 1 saturated heterocycles. The first kappa shape index (κ1) is 28.9. The van der Waals surface area contributed by atoms with Crippen LogP contribution in [-0.4, -0.2) is 60.4 Å². The number of alkyl carbamates (subject to hydrolysis) is 2. The number of nitrogens with one attached hydrogen (secondary N) is 2. The highest BCUT2D eigenvalue weighted by Crippen LogP contribution is 2.44. The van der Waals surface area contributed by atoms with Gasteiger partial charge in [0.05, 0.1) is 6.07 Å². The van der Waals surface area contributed by atoms with Crippen LogP contribution >= 0.6 is 0 Å². The van der Waals surface area contributed by atoms with Gasteiger partial charge in [-0.1, -0.05) is 48.5 Å². The van der Waals surface area contributed by atoms with Crippen LogP contribution in [0.25, 0.3) is 11.1 Å². The first-order valence-corrected chi connectivity index (χ1v) is 14.0. The molecule has 4 rings (SSSR count). The van der Waals surface area contributed by atoms with Crippen LogP contribution in [0, 0.1) is 11.3 Å². The van der Waals surface area contributed by atoms with E-state index in [1.165, 1.54) is 16.0 Å². The Morgan fingerprint density at radius 2 is 1.68 bits per heavy atom. The molecule has 2 aromatic rings. The van der Waals surface area contributed by atoms with Gasteiger partial charge in [0.15, 0.2) is 0 Å². The van der Waals surface area contributed by atoms with Crippen LogP contribution < -0.4 is 10.6 Å². The normalized spacial score (nSPS) is 16.9. The van der Waals surface area contributed by atoms with Gasteiger partial charge in [-0.05, 0) is 75.1 Å². The Labute approximate surface area is 235 Å². The van der Waals surface area contributed by atoms with E-state index < -0.39 is 29.9 Å². The van der Waals surface area contributed by atoms with Gasteiger partial charge in [0, 0.05) is 19.0 Å². The maximum absolute atomic E-state index is 13.2. The van der Waals surface area contributed by atoms with Crippen molar-refractivity contribution < 1.29 is 23.9 Å². The highest BCUT2D eigenvalue weighted by molar-refractivity contribution is 5.86. The number of hydrogen-bond donors (Lipinski definition) is 2. The van der Waals surface area contributed by atoms with E-state index >= 15 is 0 Å². The Morgan fingerprint density at radius 1 is 1.02 bits per heavy atom. The molecule has 1 aliphatic heterocycles. The van der Waals surface area contributed by atoms with Gasteiger partial charge in [-0.2, -0.15) is 5.26 Å². The van der Waals surface area contributed by atoms with E-state index in [0.717, 1.165) is 17.5 Å². The average Bonchev–Trinajstić information content (AvgIpc) is 3.52. The van der Waals surface area contributed by atoms with Crippen molar-refractivity contribution in [3.8, 4) is 17.2 Å². The Hall–Kier alpha value is -4.06. The molecule has 212 valence electrons. The summed E-state index contributed by atoms with van der Waals surface area (Å²) in [5, 5.41) is 14.9. The summed E-state index contributed by atoms with van der Waals surface area (Å²) < 4.78 is 10.9. The lowest BCUT2D eigenvalue weighted by atomic mass is 9.98. The minimum atomic E-state index is -0.807. The quantitative estimate of drug-likeness (QED) is 0.422. The Bertz CT molecular complexity index is 1220. The van der Waals surface area contributed by atoms with E-state index in [4.69, 9.17) is 9.47 Å². The molecule has 2 N–H and O–H groups in total. The number of nitriles is 1. The number of nitrogens with zero attached hydrogens (tertiary/aromatic N) is 2. The maximum Gasteiger partial charge on any atom is 0.408 e. The van der Waals surface area contributed by atoms with Gasteiger partial charge < -0.3 is 25.0 Å². The van der Waals surface area contributed by atoms with Crippen molar-refractivity contribution in [2.24, 2.45) is 0 Å². The minimum absolute atomic E-state index is 0.00771. The highest BCUT2D eigenvalue weighted by atomic mass is 16.6. The zero-order valence-corrected chi connectivity index (χ0v) is 23.4. The Balaban J connectivity index is 1.25. The lowest BCUT2D eigenvalue weighted by Crippen LogP contribution is -2.50. The molecule has 0 bridgehead atoms. The summed E-state index contributed by atoms with van der Waals surface area (Å²) in [7, 11) is 0. The predicted octanol–water partition coefficient (Wildman–Crippen LogP) is 5.10. The second-order valence-corrected chi connectivity index (χ2v) is 11.3. The van der Waals surface area contributed by atoms with Crippen molar-refractivity contribution in [3.05, 3.63) is 59.7 Å². The van der Waals surface area contributed by atoms with Crippen molar-refractivity contribution in [1.29, 1.82) is 5.26 Å². The number of amides is 3. The summed E-state index contributed by atoms with van der Waals surface area (Å²) in [5.74, 6) is -0.286. The molecule has 0 spiro atoms. The third-order valence-corrected chi connectivity index (χ3v) is 7.21. The zero-order valence-electron chi connectivity index (χ0n) is 23.4. The molecule has 9 heteroatoms. The highest BCUT2D eigenvalue weighted by Gasteiger charge is 2.34. The van der Waals surface area contributed by atoms with Crippen molar-refractivity contribution in [2.45, 2.75) is 76.5 Å². The van der Waals surface area contributed by atoms with Gasteiger partial charge in [0.1, 0.15) is 24.3 Å². The lowest BCUT2D eigenvalue weighted by molar-refractivity contribution is -0.133. The zero-order chi connectivity index (χ0) is 28.7. The average molecular weight is 547 g/mol. The second kappa shape index (κ2) is 12.9. The first-order chi connectivity index (χ1) is 19.2. The van der Waals surface area contributed by atoms with Crippen molar-refractivity contribution in [2.75, 3.05) is 19.7 Å². The van der Waals surface area contributed by atoms with Crippen LogP contribution in [0.5, 0.6) is 0 Å². The van der Waals surface area contributed by atoms with Gasteiger partial charge in [-0.3, -0.25) is 4.79 Å². The van der Waals surface area contributed by atoms with Crippen LogP contribution in [0.3, 0.4) is 0 Å². The number of rotatable bonds is 9. The molecule has 2 atom stereocenters. The van der Waals surface area contributed by atoms with E-state index in [1.807, 2.05) is 24.3 Å². The number of hydrogen-bond acceptors (Lipinski definition) is 6. The van der Waals surface area contributed by atoms with Crippen LogP contribution in [0.4, 0.5) is 9.59 Å². The fraction of sp³-hybridized carbons (Fsp3) is 0.484. The number of benzene rings is 2. The molecule has 3 amide bonds. The van der Waals surface area contributed by atoms with Crippen molar-refractivity contribution in [3.63, 3.8) is 0 Å². The van der Waals surface area contributed by atoms with E-state index in [-0.39, 0.29) is 18.4 Å². The van der Waals surface area contributed by atoms with E-state index in [0.29, 0.717) is 38.8 Å². The first-order valence-electron chi connectivity index (χ1n) is 14.0. The molecule has 0 saturated carbocycles. The monoisotopic (exact) mass is 546 g/mol. The second-order valence-electron chi connectivity index (χ2n) is 11.3. The Morgan fingerprint density at radius 3 is 2.30 bits per heavy atom. The minimum Gasteiger partial charge on any atom is -0.449 e. The number of fused-ring (bicyclic) bond motifs is 3. The Kier molecular flexibility index (Phi) is 9.30. The SMILES string of the molecule is CC(C)(C)OC(=O)N[C@@H](CCCCNC(=O)OCC1c2ccccc2-c2ccccc21)C(=O)N1CCC[C@H]1C#N. The van der Waals surface area contributed by atoms with Gasteiger partial charge in [-0.25, -0.2) is 9.59 Å². The molecule has 40 heavy (non-hydrogen) atoms. The molecule has 2 aliphatic rings. The van der Waals surface area contributed by atoms with Gasteiger partial charge in [0.25, 0.3) is 0 Å². The number of carbonyl (C=O) groups excluding carboxylic acids is 3. The summed E-state index contributed by atoms with van der Waals surface area (Å²) in [5.41, 5.74) is 3.95. The number of carbonyl (C=O) groups is 3. The lowest BCUT2D eigenvalue weighted by Gasteiger charge is -2.27. The van der Waals surface area contributed by atoms with Gasteiger partial charge >= 0.3 is 12.2 Å². The summed E-state index contributed by atoms with van der Waals surface area (Å²) in [6.07, 6.45) is 1.75. The van der Waals surface area contributed by atoms with Gasteiger partial charge in [0.2, 0.25) is 5.91 Å². The topological polar surface area (TPSA) is 121 Å². The van der Waals surface area contributed by atoms with E-state index in [9.17, 15) is 19.6 Å². The predicted molar refractivity (Wildman–Crippen MR) is 150 cm³/mol. The fourth-order valence-corrected chi connectivity index (χ4v) is 5.39. The van der Waals surface area contributed by atoms with Crippen LogP contribution in [0.1, 0.15) is 69.9 Å². The van der Waals surface area contributed by atoms with Crippen molar-refractivity contribution >= 4 is 18.1 Å². The van der Waals surface area contributed by atoms with Gasteiger partial charge in [-0.15, -0.1) is 0 Å². The molecule has 0 unspecified atom stereocenters. The van der Waals surface area contributed by atoms with E-state index in [1.54, 1.807) is 20.8 Å². The van der Waals surface area contributed by atoms with Crippen molar-refractivity contribution in [1.82, 2.24) is 15.5 Å². The third kappa shape index (κ3) is 7.12. The molecule has 2 aromatic carbocycles. The standard InChI is InChI=1S/C31H38N4O5/c1-31(2,3)40-30(38)34-27(28(36)35-18-10-11-21(35)19-32)16-8-9-17-33-29(37)39-20-26-24-14-6-4-12-22(24)23-13-5-7-15-25(23)26/h4-7,12-15,21,26-27H,8-11,16-18,20H2,1-3H3,(H,33,37)(H,34,38)/t21-,27-/m0/s1. The van der Waals surface area contributed by atoms with Crippen LogP contribution in [-0.2, 0) is 14.3 Å². The smallest absolute Gasteiger partial charge is 0.408 e. The summed E-state index contributed by atoms with van der Waals surface area (Å²) >= 11 is 0. The van der Waals surface area contributed by atoms with E-state index in [2.05, 4.69) is 41.0 Å². The maximum atomic E-state index is 13.2. The molecule has 0 radical (unpaired) electrons. The number of unbranched alkanes of at least 4 members (excludes halogenated alkanes) is 1. The molecule has 9 nitrogen and oxygen atoms in total. The molecule has 0 aromatic heterocycles. The largest absolute Gasteiger partial charge is 0.449 e. The molecular weight excluding hydrogens is 508 g/mol. The fourth-order valence-electron chi connectivity index (χ4n) is 5.39. The summed E-state index contributed by atoms with van der Waals surface area (Å²) in [6.45, 7) is 6.37.